The minimum Gasteiger partial charge on any atom is -0.368 e. The van der Waals surface area contributed by atoms with Crippen molar-refractivity contribution in [3.63, 3.8) is 0 Å². The minimum atomic E-state index is -0.331. The molecule has 2 aliphatic rings. The van der Waals surface area contributed by atoms with Gasteiger partial charge in [-0.3, -0.25) is 29.0 Å². The molecular weight excluding hydrogens is 530 g/mol. The summed E-state index contributed by atoms with van der Waals surface area (Å²) in [5, 5.41) is 8.61. The van der Waals surface area contributed by atoms with Crippen molar-refractivity contribution in [3.05, 3.63) is 125 Å². The van der Waals surface area contributed by atoms with E-state index in [2.05, 4.69) is 10.2 Å². The molecule has 42 heavy (non-hydrogen) atoms. The first kappa shape index (κ1) is 26.8. The summed E-state index contributed by atoms with van der Waals surface area (Å²) in [5.41, 5.74) is 4.89. The van der Waals surface area contributed by atoms with E-state index in [1.165, 1.54) is 9.80 Å². The lowest BCUT2D eigenvalue weighted by atomic mass is 10.1. The molecule has 4 aromatic rings. The zero-order chi connectivity index (χ0) is 29.2. The highest BCUT2D eigenvalue weighted by atomic mass is 16.2. The van der Waals surface area contributed by atoms with E-state index in [4.69, 9.17) is 0 Å². The van der Waals surface area contributed by atoms with Crippen molar-refractivity contribution in [2.45, 2.75) is 6.92 Å². The Morgan fingerprint density at radius 3 is 1.26 bits per heavy atom. The molecule has 9 nitrogen and oxygen atoms in total. The number of aryl methyl sites for hydroxylation is 1. The molecule has 0 bridgehead atoms. The highest BCUT2D eigenvalue weighted by Gasteiger charge is 2.36. The second-order valence-electron chi connectivity index (χ2n) is 10.2. The van der Waals surface area contributed by atoms with Crippen LogP contribution in [0.3, 0.4) is 0 Å². The lowest BCUT2D eigenvalue weighted by Crippen LogP contribution is -2.42. The molecule has 2 aliphatic heterocycles. The van der Waals surface area contributed by atoms with Crippen LogP contribution < -0.4 is 4.90 Å². The average Bonchev–Trinajstić information content (AvgIpc) is 3.41. The molecule has 4 aromatic carbocycles. The smallest absolute Gasteiger partial charge is 0.261 e. The quantitative estimate of drug-likeness (QED) is 0.191. The normalized spacial score (nSPS) is 14.2. The Bertz CT molecular complexity index is 1580. The third-order valence-corrected chi connectivity index (χ3v) is 7.47. The fourth-order valence-corrected chi connectivity index (χ4v) is 5.15. The van der Waals surface area contributed by atoms with Gasteiger partial charge in [0.15, 0.2) is 0 Å². The van der Waals surface area contributed by atoms with E-state index >= 15 is 0 Å². The third-order valence-electron chi connectivity index (χ3n) is 7.47. The molecule has 9 heteroatoms. The lowest BCUT2D eigenvalue weighted by molar-refractivity contribution is 0.0650. The first-order chi connectivity index (χ1) is 20.4. The number of hydrogen-bond donors (Lipinski definition) is 0. The summed E-state index contributed by atoms with van der Waals surface area (Å²) in [6.07, 6.45) is 0. The van der Waals surface area contributed by atoms with Crippen LogP contribution in [0, 0.1) is 6.92 Å². The van der Waals surface area contributed by atoms with Crippen molar-refractivity contribution >= 4 is 40.7 Å². The predicted molar refractivity (Wildman–Crippen MR) is 158 cm³/mol. The summed E-state index contributed by atoms with van der Waals surface area (Å²) in [7, 11) is 0. The summed E-state index contributed by atoms with van der Waals surface area (Å²) in [6, 6.07) is 28.7. The van der Waals surface area contributed by atoms with E-state index in [0.29, 0.717) is 41.0 Å². The average molecular weight is 558 g/mol. The van der Waals surface area contributed by atoms with Gasteiger partial charge in [0.1, 0.15) is 0 Å². The number of rotatable bonds is 9. The summed E-state index contributed by atoms with van der Waals surface area (Å²) < 4.78 is 0. The van der Waals surface area contributed by atoms with E-state index < -0.39 is 0 Å². The molecule has 0 saturated heterocycles. The molecule has 0 aliphatic carbocycles. The monoisotopic (exact) mass is 557 g/mol. The van der Waals surface area contributed by atoms with Crippen LogP contribution in [-0.2, 0) is 0 Å². The number of amides is 4. The number of anilines is 1. The molecule has 0 saturated carbocycles. The Labute approximate surface area is 242 Å². The maximum atomic E-state index is 13.0. The fourth-order valence-electron chi connectivity index (χ4n) is 5.15. The van der Waals surface area contributed by atoms with Gasteiger partial charge in [0.2, 0.25) is 0 Å². The zero-order valence-corrected chi connectivity index (χ0v) is 22.9. The maximum absolute atomic E-state index is 13.0. The predicted octanol–water partition coefficient (Wildman–Crippen LogP) is 5.81. The summed E-state index contributed by atoms with van der Waals surface area (Å²) in [5.74, 6) is -1.32. The molecule has 6 rings (SSSR count). The zero-order valence-electron chi connectivity index (χ0n) is 22.9. The van der Waals surface area contributed by atoms with Crippen molar-refractivity contribution in [1.82, 2.24) is 9.80 Å². The van der Waals surface area contributed by atoms with Gasteiger partial charge in [0.05, 0.1) is 33.6 Å². The Hall–Kier alpha value is -5.44. The van der Waals surface area contributed by atoms with Gasteiger partial charge < -0.3 is 4.90 Å². The van der Waals surface area contributed by atoms with Crippen LogP contribution >= 0.6 is 0 Å². The van der Waals surface area contributed by atoms with Crippen molar-refractivity contribution < 1.29 is 19.2 Å². The highest BCUT2D eigenvalue weighted by molar-refractivity contribution is 6.22. The molecule has 2 heterocycles. The highest BCUT2D eigenvalue weighted by Crippen LogP contribution is 2.26. The van der Waals surface area contributed by atoms with Gasteiger partial charge >= 0.3 is 0 Å². The van der Waals surface area contributed by atoms with Gasteiger partial charge in [-0.1, -0.05) is 42.0 Å². The van der Waals surface area contributed by atoms with E-state index in [1.807, 2.05) is 60.4 Å². The number of fused-ring (bicyclic) bond motifs is 2. The van der Waals surface area contributed by atoms with Gasteiger partial charge in [0.25, 0.3) is 23.6 Å². The number of imide groups is 2. The standard InChI is InChI=1S/C33H27N5O4/c1-22-10-12-23(13-11-22)34-35-24-14-16-25(17-15-24)36(18-20-37-30(39)26-6-2-3-7-27(26)31(37)40)19-21-38-32(41)28-8-4-5-9-29(28)33(38)42/h2-17H,18-21H2,1H3/b35-34+. The molecule has 0 N–H and O–H groups in total. The molecule has 0 fully saturated rings. The molecule has 0 spiro atoms. The van der Waals surface area contributed by atoms with Gasteiger partial charge in [-0.15, -0.1) is 0 Å². The van der Waals surface area contributed by atoms with Crippen LogP contribution in [0.15, 0.2) is 107 Å². The molecular formula is C33H27N5O4. The van der Waals surface area contributed by atoms with Crippen molar-refractivity contribution in [2.75, 3.05) is 31.1 Å². The Morgan fingerprint density at radius 1 is 0.524 bits per heavy atom. The van der Waals surface area contributed by atoms with Crippen LogP contribution in [0.1, 0.15) is 47.0 Å². The molecule has 0 aromatic heterocycles. The first-order valence-corrected chi connectivity index (χ1v) is 13.6. The summed E-state index contributed by atoms with van der Waals surface area (Å²) >= 11 is 0. The number of carbonyl (C=O) groups is 4. The molecule has 0 unspecified atom stereocenters. The van der Waals surface area contributed by atoms with E-state index in [0.717, 1.165) is 16.9 Å². The summed E-state index contributed by atoms with van der Waals surface area (Å²) in [4.78, 5) is 56.2. The molecule has 0 atom stereocenters. The van der Waals surface area contributed by atoms with Crippen LogP contribution in [0.4, 0.5) is 17.1 Å². The Morgan fingerprint density at radius 2 is 0.881 bits per heavy atom. The van der Waals surface area contributed by atoms with Gasteiger partial charge in [-0.25, -0.2) is 0 Å². The van der Waals surface area contributed by atoms with Gasteiger partial charge in [-0.2, -0.15) is 10.2 Å². The van der Waals surface area contributed by atoms with Crippen LogP contribution in [-0.4, -0.2) is 59.6 Å². The van der Waals surface area contributed by atoms with Crippen molar-refractivity contribution in [3.8, 4) is 0 Å². The fraction of sp³-hybridized carbons (Fsp3) is 0.152. The largest absolute Gasteiger partial charge is 0.368 e. The third kappa shape index (κ3) is 5.08. The second kappa shape index (κ2) is 11.2. The van der Waals surface area contributed by atoms with Crippen LogP contribution in [0.25, 0.3) is 0 Å². The SMILES string of the molecule is Cc1ccc(/N=N/c2ccc(N(CCN3C(=O)c4ccccc4C3=O)CCN3C(=O)c4ccccc4C3=O)cc2)cc1. The maximum Gasteiger partial charge on any atom is 0.261 e. The first-order valence-electron chi connectivity index (χ1n) is 13.6. The topological polar surface area (TPSA) is 103 Å². The number of carbonyl (C=O) groups excluding carboxylic acids is 4. The number of azo groups is 1. The minimum absolute atomic E-state index is 0.142. The second-order valence-corrected chi connectivity index (χ2v) is 10.2. The summed E-state index contributed by atoms with van der Waals surface area (Å²) in [6.45, 7) is 2.90. The van der Waals surface area contributed by atoms with Crippen LogP contribution in [0.5, 0.6) is 0 Å². The van der Waals surface area contributed by atoms with E-state index in [9.17, 15) is 19.2 Å². The Kier molecular flexibility index (Phi) is 7.14. The van der Waals surface area contributed by atoms with Crippen molar-refractivity contribution in [2.24, 2.45) is 10.2 Å². The molecule has 0 radical (unpaired) electrons. The van der Waals surface area contributed by atoms with E-state index in [1.54, 1.807) is 48.5 Å². The number of benzene rings is 4. The molecule has 208 valence electrons. The van der Waals surface area contributed by atoms with Crippen LogP contribution in [0.2, 0.25) is 0 Å². The Balaban J connectivity index is 1.20. The van der Waals surface area contributed by atoms with E-state index in [-0.39, 0.29) is 36.7 Å². The molecule has 4 amide bonds. The number of nitrogens with zero attached hydrogens (tertiary/aromatic N) is 5. The number of hydrogen-bond acceptors (Lipinski definition) is 7. The van der Waals surface area contributed by atoms with Crippen molar-refractivity contribution in [1.29, 1.82) is 0 Å². The lowest BCUT2D eigenvalue weighted by Gasteiger charge is -2.28. The van der Waals surface area contributed by atoms with Gasteiger partial charge in [-0.05, 0) is 67.6 Å². The van der Waals surface area contributed by atoms with Gasteiger partial charge in [0, 0.05) is 31.9 Å².